The van der Waals surface area contributed by atoms with Crippen LogP contribution in [0, 0.1) is 5.82 Å². The number of nitrogens with two attached hydrogens (primary N) is 1. The SMILES string of the molecule is CN(C)c1ccc(C(=O)NCc2cccc(F)c2)cc1N. The molecule has 21 heavy (non-hydrogen) atoms. The molecule has 5 heteroatoms. The van der Waals surface area contributed by atoms with E-state index in [2.05, 4.69) is 5.32 Å². The molecule has 110 valence electrons. The first-order chi connectivity index (χ1) is 9.97. The monoisotopic (exact) mass is 287 g/mol. The topological polar surface area (TPSA) is 58.4 Å². The Morgan fingerprint density at radius 3 is 2.62 bits per heavy atom. The van der Waals surface area contributed by atoms with Crippen LogP contribution in [0.25, 0.3) is 0 Å². The smallest absolute Gasteiger partial charge is 0.251 e. The highest BCUT2D eigenvalue weighted by molar-refractivity contribution is 5.96. The molecule has 2 rings (SSSR count). The summed E-state index contributed by atoms with van der Waals surface area (Å²) in [5, 5.41) is 2.74. The summed E-state index contributed by atoms with van der Waals surface area (Å²) in [6.07, 6.45) is 0. The molecule has 0 radical (unpaired) electrons. The van der Waals surface area contributed by atoms with Crippen molar-refractivity contribution in [2.45, 2.75) is 6.54 Å². The highest BCUT2D eigenvalue weighted by atomic mass is 19.1. The molecule has 3 N–H and O–H groups in total. The predicted octanol–water partition coefficient (Wildman–Crippen LogP) is 2.40. The van der Waals surface area contributed by atoms with Gasteiger partial charge in [0.1, 0.15) is 5.82 Å². The van der Waals surface area contributed by atoms with Gasteiger partial charge < -0.3 is 16.0 Å². The zero-order chi connectivity index (χ0) is 15.4. The van der Waals surface area contributed by atoms with E-state index in [1.807, 2.05) is 19.0 Å². The van der Waals surface area contributed by atoms with Gasteiger partial charge in [-0.2, -0.15) is 0 Å². The van der Waals surface area contributed by atoms with E-state index in [-0.39, 0.29) is 18.3 Å². The lowest BCUT2D eigenvalue weighted by Crippen LogP contribution is -2.23. The number of nitrogens with one attached hydrogen (secondary N) is 1. The quantitative estimate of drug-likeness (QED) is 0.849. The van der Waals surface area contributed by atoms with Gasteiger partial charge in [-0.05, 0) is 35.9 Å². The van der Waals surface area contributed by atoms with E-state index in [9.17, 15) is 9.18 Å². The minimum atomic E-state index is -0.318. The normalized spacial score (nSPS) is 10.2. The summed E-state index contributed by atoms with van der Waals surface area (Å²) in [4.78, 5) is 13.9. The lowest BCUT2D eigenvalue weighted by molar-refractivity contribution is 0.0951. The van der Waals surface area contributed by atoms with Crippen molar-refractivity contribution in [3.63, 3.8) is 0 Å². The van der Waals surface area contributed by atoms with Crippen LogP contribution in [0.1, 0.15) is 15.9 Å². The summed E-state index contributed by atoms with van der Waals surface area (Å²) in [7, 11) is 3.77. The van der Waals surface area contributed by atoms with Crippen molar-refractivity contribution in [1.82, 2.24) is 5.32 Å². The number of anilines is 2. The van der Waals surface area contributed by atoms with Gasteiger partial charge in [0, 0.05) is 26.2 Å². The first-order valence-corrected chi connectivity index (χ1v) is 6.57. The Kier molecular flexibility index (Phi) is 4.42. The van der Waals surface area contributed by atoms with Crippen LogP contribution < -0.4 is 16.0 Å². The maximum Gasteiger partial charge on any atom is 0.251 e. The molecule has 4 nitrogen and oxygen atoms in total. The van der Waals surface area contributed by atoms with E-state index >= 15 is 0 Å². The molecule has 0 saturated heterocycles. The fourth-order valence-electron chi connectivity index (χ4n) is 2.03. The predicted molar refractivity (Wildman–Crippen MR) is 82.8 cm³/mol. The van der Waals surface area contributed by atoms with Gasteiger partial charge in [0.25, 0.3) is 5.91 Å². The van der Waals surface area contributed by atoms with Gasteiger partial charge >= 0.3 is 0 Å². The molecule has 0 atom stereocenters. The summed E-state index contributed by atoms with van der Waals surface area (Å²) < 4.78 is 13.1. The molecule has 2 aromatic rings. The second kappa shape index (κ2) is 6.26. The third kappa shape index (κ3) is 3.72. The molecule has 1 amide bonds. The second-order valence-electron chi connectivity index (χ2n) is 4.98. The minimum absolute atomic E-state index is 0.240. The molecule has 0 spiro atoms. The Morgan fingerprint density at radius 2 is 2.00 bits per heavy atom. The number of rotatable bonds is 4. The van der Waals surface area contributed by atoms with Crippen LogP contribution in [0.3, 0.4) is 0 Å². The van der Waals surface area contributed by atoms with Crippen LogP contribution in [0.5, 0.6) is 0 Å². The molecule has 0 aliphatic rings. The van der Waals surface area contributed by atoms with Gasteiger partial charge in [-0.25, -0.2) is 4.39 Å². The molecule has 0 aromatic heterocycles. The van der Waals surface area contributed by atoms with Crippen molar-refractivity contribution in [3.8, 4) is 0 Å². The zero-order valence-corrected chi connectivity index (χ0v) is 12.1. The summed E-state index contributed by atoms with van der Waals surface area (Å²) in [6.45, 7) is 0.270. The van der Waals surface area contributed by atoms with E-state index in [0.29, 0.717) is 16.8 Å². The largest absolute Gasteiger partial charge is 0.397 e. The number of nitrogen functional groups attached to an aromatic ring is 1. The van der Waals surface area contributed by atoms with E-state index in [4.69, 9.17) is 5.73 Å². The third-order valence-corrected chi connectivity index (χ3v) is 3.11. The van der Waals surface area contributed by atoms with E-state index in [0.717, 1.165) is 5.69 Å². The van der Waals surface area contributed by atoms with E-state index in [1.54, 1.807) is 30.3 Å². The number of carbonyl (C=O) groups excluding carboxylic acids is 1. The second-order valence-corrected chi connectivity index (χ2v) is 4.98. The van der Waals surface area contributed by atoms with Gasteiger partial charge in [0.2, 0.25) is 0 Å². The first kappa shape index (κ1) is 14.8. The van der Waals surface area contributed by atoms with Crippen molar-refractivity contribution >= 4 is 17.3 Å². The zero-order valence-electron chi connectivity index (χ0n) is 12.1. The minimum Gasteiger partial charge on any atom is -0.397 e. The van der Waals surface area contributed by atoms with Gasteiger partial charge in [-0.1, -0.05) is 12.1 Å². The van der Waals surface area contributed by atoms with E-state index in [1.165, 1.54) is 12.1 Å². The standard InChI is InChI=1S/C16H18FN3O/c1-20(2)15-7-6-12(9-14(15)18)16(21)19-10-11-4-3-5-13(17)8-11/h3-9H,10,18H2,1-2H3,(H,19,21). The maximum atomic E-state index is 13.1. The average Bonchev–Trinajstić information content (AvgIpc) is 2.44. The van der Waals surface area contributed by atoms with Crippen LogP contribution in [-0.4, -0.2) is 20.0 Å². The lowest BCUT2D eigenvalue weighted by Gasteiger charge is -2.16. The van der Waals surface area contributed by atoms with Crippen LogP contribution in [0.2, 0.25) is 0 Å². The Labute approximate surface area is 123 Å². The summed E-state index contributed by atoms with van der Waals surface area (Å²) in [5.41, 5.74) is 8.50. The summed E-state index contributed by atoms with van der Waals surface area (Å²) in [6, 6.07) is 11.3. The van der Waals surface area contributed by atoms with Crippen molar-refractivity contribution in [2.24, 2.45) is 0 Å². The molecule has 0 aliphatic carbocycles. The molecule has 0 unspecified atom stereocenters. The van der Waals surface area contributed by atoms with Crippen molar-refractivity contribution in [3.05, 3.63) is 59.4 Å². The fraction of sp³-hybridized carbons (Fsp3) is 0.188. The molecule has 0 heterocycles. The van der Waals surface area contributed by atoms with Crippen molar-refractivity contribution < 1.29 is 9.18 Å². The Morgan fingerprint density at radius 1 is 1.24 bits per heavy atom. The Balaban J connectivity index is 2.05. The molecule has 2 aromatic carbocycles. The van der Waals surface area contributed by atoms with Gasteiger partial charge in [0.05, 0.1) is 11.4 Å². The number of amides is 1. The lowest BCUT2D eigenvalue weighted by atomic mass is 10.1. The number of halogens is 1. The van der Waals surface area contributed by atoms with Crippen LogP contribution in [0.4, 0.5) is 15.8 Å². The number of carbonyl (C=O) groups is 1. The highest BCUT2D eigenvalue weighted by Gasteiger charge is 2.09. The van der Waals surface area contributed by atoms with E-state index < -0.39 is 0 Å². The number of benzene rings is 2. The molecule has 0 aliphatic heterocycles. The molecule has 0 bridgehead atoms. The average molecular weight is 287 g/mol. The molecule has 0 fully saturated rings. The summed E-state index contributed by atoms with van der Waals surface area (Å²) >= 11 is 0. The van der Waals surface area contributed by atoms with Crippen molar-refractivity contribution in [2.75, 3.05) is 24.7 Å². The number of hydrogen-bond donors (Lipinski definition) is 2. The van der Waals surface area contributed by atoms with Gasteiger partial charge in [-0.15, -0.1) is 0 Å². The van der Waals surface area contributed by atoms with Crippen LogP contribution in [0.15, 0.2) is 42.5 Å². The third-order valence-electron chi connectivity index (χ3n) is 3.11. The highest BCUT2D eigenvalue weighted by Crippen LogP contribution is 2.22. The van der Waals surface area contributed by atoms with Crippen LogP contribution >= 0.6 is 0 Å². The molecular weight excluding hydrogens is 269 g/mol. The fourth-order valence-corrected chi connectivity index (χ4v) is 2.03. The van der Waals surface area contributed by atoms with Crippen LogP contribution in [-0.2, 0) is 6.54 Å². The van der Waals surface area contributed by atoms with Crippen molar-refractivity contribution in [1.29, 1.82) is 0 Å². The van der Waals surface area contributed by atoms with Gasteiger partial charge in [-0.3, -0.25) is 4.79 Å². The molecular formula is C16H18FN3O. The maximum absolute atomic E-state index is 13.1. The number of hydrogen-bond acceptors (Lipinski definition) is 3. The molecule has 0 saturated carbocycles. The first-order valence-electron chi connectivity index (χ1n) is 6.57. The Hall–Kier alpha value is -2.56. The van der Waals surface area contributed by atoms with Gasteiger partial charge in [0.15, 0.2) is 0 Å². The number of nitrogens with zero attached hydrogens (tertiary/aromatic N) is 1. The summed E-state index contributed by atoms with van der Waals surface area (Å²) in [5.74, 6) is -0.558. The Bertz CT molecular complexity index is 656.